The van der Waals surface area contributed by atoms with Gasteiger partial charge in [0, 0.05) is 51.4 Å². The molecule has 0 spiro atoms. The summed E-state index contributed by atoms with van der Waals surface area (Å²) in [6, 6.07) is 8.77. The quantitative estimate of drug-likeness (QED) is 0.846. The maximum atomic E-state index is 5.08. The van der Waals surface area contributed by atoms with Gasteiger partial charge in [-0.3, -0.25) is 4.90 Å². The molecule has 0 atom stereocenters. The fraction of sp³-hybridized carbons (Fsp3) is 0.500. The Morgan fingerprint density at radius 2 is 2.05 bits per heavy atom. The highest BCUT2D eigenvalue weighted by atomic mass is 32.1. The maximum absolute atomic E-state index is 5.08. The predicted molar refractivity (Wildman–Crippen MR) is 89.3 cm³/mol. The second-order valence-electron chi connectivity index (χ2n) is 5.68. The van der Waals surface area contributed by atoms with Crippen molar-refractivity contribution in [3.8, 4) is 0 Å². The van der Waals surface area contributed by atoms with Crippen LogP contribution in [0.4, 0.5) is 5.13 Å². The van der Waals surface area contributed by atoms with Crippen LogP contribution >= 0.6 is 11.5 Å². The van der Waals surface area contributed by atoms with Gasteiger partial charge in [-0.05, 0) is 12.5 Å². The van der Waals surface area contributed by atoms with E-state index in [2.05, 4.69) is 50.3 Å². The van der Waals surface area contributed by atoms with Gasteiger partial charge in [0.05, 0.1) is 0 Å². The summed E-state index contributed by atoms with van der Waals surface area (Å²) in [5, 5.41) is 1.02. The Morgan fingerprint density at radius 3 is 2.77 bits per heavy atom. The lowest BCUT2D eigenvalue weighted by Gasteiger charge is -2.34. The van der Waals surface area contributed by atoms with Crippen molar-refractivity contribution < 1.29 is 4.74 Å². The Labute approximate surface area is 135 Å². The van der Waals surface area contributed by atoms with E-state index in [9.17, 15) is 0 Å². The lowest BCUT2D eigenvalue weighted by Crippen LogP contribution is -2.45. The third-order valence-corrected chi connectivity index (χ3v) is 4.68. The number of methoxy groups -OCH3 is 1. The molecule has 0 radical (unpaired) electrons. The zero-order valence-electron chi connectivity index (χ0n) is 13.2. The average Bonchev–Trinajstić information content (AvgIpc) is 2.97. The molecule has 1 aromatic carbocycles. The zero-order chi connectivity index (χ0) is 15.4. The number of anilines is 1. The first-order chi connectivity index (χ1) is 10.7. The molecule has 22 heavy (non-hydrogen) atoms. The maximum Gasteiger partial charge on any atom is 0.205 e. The number of ether oxygens (including phenoxy) is 1. The van der Waals surface area contributed by atoms with E-state index < -0.39 is 0 Å². The molecule has 1 fully saturated rings. The minimum absolute atomic E-state index is 0.490. The predicted octanol–water partition coefficient (Wildman–Crippen LogP) is 2.32. The lowest BCUT2D eigenvalue weighted by molar-refractivity contribution is 0.179. The van der Waals surface area contributed by atoms with Crippen LogP contribution in [0.2, 0.25) is 0 Å². The number of aromatic nitrogens is 2. The highest BCUT2D eigenvalue weighted by Crippen LogP contribution is 2.20. The zero-order valence-corrected chi connectivity index (χ0v) is 14.0. The molecule has 2 heterocycles. The topological polar surface area (TPSA) is 41.5 Å². The summed E-state index contributed by atoms with van der Waals surface area (Å²) < 4.78 is 9.40. The Balaban J connectivity index is 1.53. The van der Waals surface area contributed by atoms with E-state index in [0.29, 0.717) is 6.61 Å². The second kappa shape index (κ2) is 7.17. The van der Waals surface area contributed by atoms with Crippen LogP contribution in [0, 0.1) is 6.92 Å². The molecule has 0 unspecified atom stereocenters. The van der Waals surface area contributed by atoms with E-state index in [4.69, 9.17) is 4.74 Å². The van der Waals surface area contributed by atoms with Crippen LogP contribution in [0.25, 0.3) is 0 Å². The Morgan fingerprint density at radius 1 is 1.23 bits per heavy atom. The van der Waals surface area contributed by atoms with E-state index in [1.807, 2.05) is 0 Å². The Kier molecular flexibility index (Phi) is 5.02. The van der Waals surface area contributed by atoms with E-state index in [1.165, 1.54) is 22.7 Å². The molecule has 2 aromatic rings. The van der Waals surface area contributed by atoms with Crippen LogP contribution in [0.3, 0.4) is 0 Å². The number of hydrogen-bond acceptors (Lipinski definition) is 6. The van der Waals surface area contributed by atoms with E-state index >= 15 is 0 Å². The summed E-state index contributed by atoms with van der Waals surface area (Å²) >= 11 is 1.47. The van der Waals surface area contributed by atoms with Crippen molar-refractivity contribution in [1.82, 2.24) is 14.3 Å². The molecular weight excluding hydrogens is 296 g/mol. The molecule has 0 saturated carbocycles. The SMILES string of the molecule is COCc1nsc(N2CCN(Cc3cccc(C)c3)CC2)n1. The molecule has 1 aromatic heterocycles. The van der Waals surface area contributed by atoms with Gasteiger partial charge in [-0.25, -0.2) is 4.98 Å². The number of benzene rings is 1. The molecule has 5 nitrogen and oxygen atoms in total. The summed E-state index contributed by atoms with van der Waals surface area (Å²) in [6.07, 6.45) is 0. The number of hydrogen-bond donors (Lipinski definition) is 0. The minimum Gasteiger partial charge on any atom is -0.377 e. The number of rotatable bonds is 5. The van der Waals surface area contributed by atoms with Crippen molar-refractivity contribution >= 4 is 16.7 Å². The number of aryl methyl sites for hydroxylation is 1. The minimum atomic E-state index is 0.490. The third-order valence-electron chi connectivity index (χ3n) is 3.86. The fourth-order valence-corrected chi connectivity index (χ4v) is 3.45. The fourth-order valence-electron chi connectivity index (χ4n) is 2.73. The first-order valence-corrected chi connectivity index (χ1v) is 8.36. The van der Waals surface area contributed by atoms with Gasteiger partial charge in [-0.15, -0.1) is 0 Å². The first kappa shape index (κ1) is 15.4. The molecule has 0 bridgehead atoms. The van der Waals surface area contributed by atoms with Crippen molar-refractivity contribution in [2.24, 2.45) is 0 Å². The smallest absolute Gasteiger partial charge is 0.205 e. The van der Waals surface area contributed by atoms with Crippen molar-refractivity contribution in [2.45, 2.75) is 20.1 Å². The van der Waals surface area contributed by atoms with E-state index in [-0.39, 0.29) is 0 Å². The van der Waals surface area contributed by atoms with Crippen molar-refractivity contribution in [3.05, 3.63) is 41.2 Å². The van der Waals surface area contributed by atoms with Crippen LogP contribution in [-0.2, 0) is 17.9 Å². The highest BCUT2D eigenvalue weighted by Gasteiger charge is 2.20. The largest absolute Gasteiger partial charge is 0.377 e. The second-order valence-corrected chi connectivity index (χ2v) is 6.41. The Bertz CT molecular complexity index is 608. The monoisotopic (exact) mass is 318 g/mol. The van der Waals surface area contributed by atoms with Gasteiger partial charge >= 0.3 is 0 Å². The van der Waals surface area contributed by atoms with E-state index in [1.54, 1.807) is 7.11 Å². The first-order valence-electron chi connectivity index (χ1n) is 7.59. The van der Waals surface area contributed by atoms with Gasteiger partial charge in [-0.2, -0.15) is 4.37 Å². The van der Waals surface area contributed by atoms with Gasteiger partial charge in [0.1, 0.15) is 6.61 Å². The Hall–Kier alpha value is -1.50. The van der Waals surface area contributed by atoms with Crippen molar-refractivity contribution in [2.75, 3.05) is 38.2 Å². The molecule has 1 aliphatic rings. The van der Waals surface area contributed by atoms with Gasteiger partial charge in [-0.1, -0.05) is 29.8 Å². The summed E-state index contributed by atoms with van der Waals surface area (Å²) in [5.41, 5.74) is 2.72. The van der Waals surface area contributed by atoms with Crippen LogP contribution in [-0.4, -0.2) is 47.5 Å². The normalized spacial score (nSPS) is 16.2. The summed E-state index contributed by atoms with van der Waals surface area (Å²) in [5.74, 6) is 0.782. The molecular formula is C16H22N4OS. The number of piperazine rings is 1. The van der Waals surface area contributed by atoms with Crippen LogP contribution < -0.4 is 4.90 Å². The highest BCUT2D eigenvalue weighted by molar-refractivity contribution is 7.09. The lowest BCUT2D eigenvalue weighted by atomic mass is 10.1. The summed E-state index contributed by atoms with van der Waals surface area (Å²) in [6.45, 7) is 7.81. The van der Waals surface area contributed by atoms with Crippen LogP contribution in [0.15, 0.2) is 24.3 Å². The molecule has 1 saturated heterocycles. The number of nitrogens with zero attached hydrogens (tertiary/aromatic N) is 4. The van der Waals surface area contributed by atoms with Gasteiger partial charge in [0.15, 0.2) is 5.82 Å². The molecule has 1 aliphatic heterocycles. The van der Waals surface area contributed by atoms with Crippen molar-refractivity contribution in [1.29, 1.82) is 0 Å². The molecule has 0 amide bonds. The van der Waals surface area contributed by atoms with Gasteiger partial charge in [0.25, 0.3) is 0 Å². The third kappa shape index (κ3) is 3.82. The summed E-state index contributed by atoms with van der Waals surface area (Å²) in [7, 11) is 1.67. The molecule has 0 N–H and O–H groups in total. The average molecular weight is 318 g/mol. The van der Waals surface area contributed by atoms with E-state index in [0.717, 1.165) is 43.7 Å². The standard InChI is InChI=1S/C16H22N4OS/c1-13-4-3-5-14(10-13)11-19-6-8-20(9-7-19)16-17-15(12-21-2)18-22-16/h3-5,10H,6-9,11-12H2,1-2H3. The molecule has 3 rings (SSSR count). The molecule has 6 heteroatoms. The van der Waals surface area contributed by atoms with Crippen LogP contribution in [0.5, 0.6) is 0 Å². The van der Waals surface area contributed by atoms with Crippen molar-refractivity contribution in [3.63, 3.8) is 0 Å². The summed E-state index contributed by atoms with van der Waals surface area (Å²) in [4.78, 5) is 9.36. The molecule has 118 valence electrons. The van der Waals surface area contributed by atoms with Gasteiger partial charge < -0.3 is 9.64 Å². The van der Waals surface area contributed by atoms with Crippen LogP contribution in [0.1, 0.15) is 17.0 Å². The van der Waals surface area contributed by atoms with Gasteiger partial charge in [0.2, 0.25) is 5.13 Å². The molecule has 0 aliphatic carbocycles.